The first-order valence-corrected chi connectivity index (χ1v) is 5.58. The Hall–Kier alpha value is -1.57. The summed E-state index contributed by atoms with van der Waals surface area (Å²) in [5.74, 6) is -0.748. The number of rotatable bonds is 3. The van der Waals surface area contributed by atoms with Gasteiger partial charge in [-0.1, -0.05) is 0 Å². The Morgan fingerprint density at radius 3 is 2.53 bits per heavy atom. The van der Waals surface area contributed by atoms with E-state index in [0.717, 1.165) is 6.20 Å². The zero-order valence-corrected chi connectivity index (χ0v) is 10.8. The normalized spacial score (nSPS) is 14.3. The zero-order chi connectivity index (χ0) is 14.8. The van der Waals surface area contributed by atoms with Gasteiger partial charge in [-0.2, -0.15) is 18.3 Å². The van der Waals surface area contributed by atoms with Crippen molar-refractivity contribution in [1.82, 2.24) is 10.2 Å². The Kier molecular flexibility index (Phi) is 4.24. The molecule has 1 heterocycles. The van der Waals surface area contributed by atoms with Crippen molar-refractivity contribution >= 4 is 5.97 Å². The SMILES string of the molecule is CC(C)(C)OC(=O)[C@@H](N)Cc1cn[nH]c1C(F)(F)F. The highest BCUT2D eigenvalue weighted by Gasteiger charge is 2.36. The number of ether oxygens (including phenoxy) is 1. The number of esters is 1. The summed E-state index contributed by atoms with van der Waals surface area (Å²) in [6.07, 6.45) is -3.84. The van der Waals surface area contributed by atoms with Gasteiger partial charge in [-0.3, -0.25) is 9.89 Å². The largest absolute Gasteiger partial charge is 0.459 e. The number of aromatic nitrogens is 2. The fourth-order valence-electron chi connectivity index (χ4n) is 1.41. The predicted molar refractivity (Wildman–Crippen MR) is 61.1 cm³/mol. The van der Waals surface area contributed by atoms with Gasteiger partial charge >= 0.3 is 12.1 Å². The molecule has 0 saturated heterocycles. The van der Waals surface area contributed by atoms with Crippen LogP contribution in [0.5, 0.6) is 0 Å². The van der Waals surface area contributed by atoms with E-state index >= 15 is 0 Å². The molecule has 0 spiro atoms. The lowest BCUT2D eigenvalue weighted by Gasteiger charge is -2.22. The molecule has 1 rings (SSSR count). The third-order valence-electron chi connectivity index (χ3n) is 2.15. The molecule has 0 aromatic carbocycles. The summed E-state index contributed by atoms with van der Waals surface area (Å²) in [6, 6.07) is -1.17. The smallest absolute Gasteiger partial charge is 0.433 e. The van der Waals surface area contributed by atoms with Crippen molar-refractivity contribution < 1.29 is 22.7 Å². The molecule has 0 amide bonds. The number of hydrogen-bond acceptors (Lipinski definition) is 4. The summed E-state index contributed by atoms with van der Waals surface area (Å²) in [7, 11) is 0. The minimum atomic E-state index is -4.56. The summed E-state index contributed by atoms with van der Waals surface area (Å²) in [5.41, 5.74) is 3.65. The molecule has 0 unspecified atom stereocenters. The van der Waals surface area contributed by atoms with E-state index in [1.54, 1.807) is 20.8 Å². The summed E-state index contributed by atoms with van der Waals surface area (Å²) >= 11 is 0. The van der Waals surface area contributed by atoms with Gasteiger partial charge in [0.2, 0.25) is 0 Å². The molecule has 0 radical (unpaired) electrons. The average molecular weight is 279 g/mol. The molecule has 0 aliphatic carbocycles. The number of nitrogens with one attached hydrogen (secondary N) is 1. The Labute approximate surface area is 108 Å². The Bertz CT molecular complexity index is 449. The minimum absolute atomic E-state index is 0.161. The molecule has 0 bridgehead atoms. The van der Waals surface area contributed by atoms with Gasteiger partial charge in [-0.05, 0) is 20.8 Å². The van der Waals surface area contributed by atoms with E-state index in [1.165, 1.54) is 0 Å². The number of nitrogens with two attached hydrogens (primary N) is 1. The number of carbonyl (C=O) groups is 1. The molecule has 8 heteroatoms. The summed E-state index contributed by atoms with van der Waals surface area (Å²) in [5, 5.41) is 5.18. The summed E-state index contributed by atoms with van der Waals surface area (Å²) in [4.78, 5) is 11.6. The van der Waals surface area contributed by atoms with Gasteiger partial charge in [-0.25, -0.2) is 0 Å². The van der Waals surface area contributed by atoms with E-state index in [1.807, 2.05) is 5.10 Å². The number of H-pyrrole nitrogens is 1. The second kappa shape index (κ2) is 5.20. The van der Waals surface area contributed by atoms with Crippen LogP contribution in [0, 0.1) is 0 Å². The topological polar surface area (TPSA) is 81.0 Å². The first-order chi connectivity index (χ1) is 8.50. The van der Waals surface area contributed by atoms with Crippen molar-refractivity contribution in [1.29, 1.82) is 0 Å². The molecule has 0 aliphatic rings. The van der Waals surface area contributed by atoms with E-state index < -0.39 is 29.5 Å². The van der Waals surface area contributed by atoms with Crippen molar-refractivity contribution in [2.45, 2.75) is 45.0 Å². The molecular formula is C11H16F3N3O2. The number of halogens is 3. The maximum atomic E-state index is 12.6. The van der Waals surface area contributed by atoms with Gasteiger partial charge in [0.15, 0.2) is 0 Å². The van der Waals surface area contributed by atoms with Crippen LogP contribution in [0.3, 0.4) is 0 Å². The fourth-order valence-corrected chi connectivity index (χ4v) is 1.41. The molecule has 108 valence electrons. The van der Waals surface area contributed by atoms with Gasteiger partial charge in [0.05, 0.1) is 6.20 Å². The number of carbonyl (C=O) groups excluding carboxylic acids is 1. The van der Waals surface area contributed by atoms with Gasteiger partial charge in [0, 0.05) is 12.0 Å². The van der Waals surface area contributed by atoms with Crippen molar-refractivity contribution in [3.05, 3.63) is 17.5 Å². The highest BCUT2D eigenvalue weighted by molar-refractivity contribution is 5.76. The van der Waals surface area contributed by atoms with Crippen LogP contribution in [-0.2, 0) is 22.1 Å². The predicted octanol–water partition coefficient (Wildman–Crippen LogP) is 1.64. The standard InChI is InChI=1S/C11H16F3N3O2/c1-10(2,3)19-9(18)7(15)4-6-5-16-17-8(6)11(12,13)14/h5,7H,4,15H2,1-3H3,(H,16,17)/t7-/m0/s1. The monoisotopic (exact) mass is 279 g/mol. The maximum absolute atomic E-state index is 12.6. The van der Waals surface area contributed by atoms with Crippen LogP contribution in [0.25, 0.3) is 0 Å². The van der Waals surface area contributed by atoms with Crippen LogP contribution in [0.15, 0.2) is 6.20 Å². The van der Waals surface area contributed by atoms with E-state index in [9.17, 15) is 18.0 Å². The van der Waals surface area contributed by atoms with Crippen LogP contribution in [0.2, 0.25) is 0 Å². The second-order valence-electron chi connectivity index (χ2n) is 5.11. The van der Waals surface area contributed by atoms with Crippen molar-refractivity contribution in [2.75, 3.05) is 0 Å². The Morgan fingerprint density at radius 2 is 2.05 bits per heavy atom. The van der Waals surface area contributed by atoms with Gasteiger partial charge in [0.25, 0.3) is 0 Å². The first-order valence-electron chi connectivity index (χ1n) is 5.58. The number of aromatic amines is 1. The maximum Gasteiger partial charge on any atom is 0.433 e. The van der Waals surface area contributed by atoms with Gasteiger partial charge in [-0.15, -0.1) is 0 Å². The molecule has 0 fully saturated rings. The quantitative estimate of drug-likeness (QED) is 0.824. The third kappa shape index (κ3) is 4.55. The zero-order valence-electron chi connectivity index (χ0n) is 10.8. The molecule has 5 nitrogen and oxygen atoms in total. The number of nitrogens with zero attached hydrogens (tertiary/aromatic N) is 1. The van der Waals surface area contributed by atoms with E-state index in [-0.39, 0.29) is 12.0 Å². The lowest BCUT2D eigenvalue weighted by Crippen LogP contribution is -2.39. The molecule has 0 aliphatic heterocycles. The number of alkyl halides is 3. The highest BCUT2D eigenvalue weighted by Crippen LogP contribution is 2.30. The summed E-state index contributed by atoms with van der Waals surface area (Å²) < 4.78 is 42.7. The van der Waals surface area contributed by atoms with Crippen molar-refractivity contribution in [2.24, 2.45) is 5.73 Å². The minimum Gasteiger partial charge on any atom is -0.459 e. The molecule has 1 atom stereocenters. The van der Waals surface area contributed by atoms with Gasteiger partial charge < -0.3 is 10.5 Å². The first kappa shape index (κ1) is 15.5. The number of hydrogen-bond donors (Lipinski definition) is 2. The third-order valence-corrected chi connectivity index (χ3v) is 2.15. The molecule has 1 aromatic rings. The van der Waals surface area contributed by atoms with E-state index in [0.29, 0.717) is 0 Å². The highest BCUT2D eigenvalue weighted by atomic mass is 19.4. The van der Waals surface area contributed by atoms with E-state index in [2.05, 4.69) is 5.10 Å². The van der Waals surface area contributed by atoms with Crippen LogP contribution in [0.4, 0.5) is 13.2 Å². The molecule has 19 heavy (non-hydrogen) atoms. The molecule has 3 N–H and O–H groups in total. The average Bonchev–Trinajstić information content (AvgIpc) is 2.62. The van der Waals surface area contributed by atoms with E-state index in [4.69, 9.17) is 10.5 Å². The molecular weight excluding hydrogens is 263 g/mol. The second-order valence-corrected chi connectivity index (χ2v) is 5.11. The van der Waals surface area contributed by atoms with Crippen LogP contribution in [-0.4, -0.2) is 27.8 Å². The van der Waals surface area contributed by atoms with Crippen molar-refractivity contribution in [3.63, 3.8) is 0 Å². The lowest BCUT2D eigenvalue weighted by molar-refractivity contribution is -0.156. The fraction of sp³-hybridized carbons (Fsp3) is 0.636. The van der Waals surface area contributed by atoms with Crippen LogP contribution >= 0.6 is 0 Å². The summed E-state index contributed by atoms with van der Waals surface area (Å²) in [6.45, 7) is 4.95. The Morgan fingerprint density at radius 1 is 1.47 bits per heavy atom. The van der Waals surface area contributed by atoms with Crippen molar-refractivity contribution in [3.8, 4) is 0 Å². The van der Waals surface area contributed by atoms with Crippen LogP contribution in [0.1, 0.15) is 32.0 Å². The molecule has 0 saturated carbocycles. The Balaban J connectivity index is 2.76. The van der Waals surface area contributed by atoms with Crippen LogP contribution < -0.4 is 5.73 Å². The lowest BCUT2D eigenvalue weighted by atomic mass is 10.1. The molecule has 1 aromatic heterocycles. The van der Waals surface area contributed by atoms with Gasteiger partial charge in [0.1, 0.15) is 17.3 Å².